The van der Waals surface area contributed by atoms with Gasteiger partial charge in [-0.05, 0) is 45.2 Å². The number of amides is 1. The Morgan fingerprint density at radius 1 is 1.32 bits per heavy atom. The highest BCUT2D eigenvalue weighted by atomic mass is 32.2. The number of hydrogen-bond acceptors (Lipinski definition) is 4. The first-order valence-corrected chi connectivity index (χ1v) is 9.80. The summed E-state index contributed by atoms with van der Waals surface area (Å²) < 4.78 is 15.8. The van der Waals surface area contributed by atoms with Gasteiger partial charge in [-0.25, -0.2) is 4.79 Å². The lowest BCUT2D eigenvalue weighted by atomic mass is 9.80. The minimum atomic E-state index is -1.20. The number of likely N-dealkylation sites (tertiary alicyclic amines) is 1. The molecule has 7 heteroatoms. The SMILES string of the molecule is CN1c2ccccc2[C@H](N[S@+]([O-])C(C)(C)C)C12CCN(C(=O)O)CC2. The first-order valence-electron chi connectivity index (χ1n) is 8.65. The Morgan fingerprint density at radius 3 is 2.48 bits per heavy atom. The Hall–Kier alpha value is -1.44. The van der Waals surface area contributed by atoms with E-state index in [1.165, 1.54) is 4.90 Å². The molecule has 2 N–H and O–H groups in total. The van der Waals surface area contributed by atoms with Crippen molar-refractivity contribution in [2.24, 2.45) is 0 Å². The van der Waals surface area contributed by atoms with Crippen LogP contribution in [0.5, 0.6) is 0 Å². The van der Waals surface area contributed by atoms with Crippen molar-refractivity contribution in [1.29, 1.82) is 0 Å². The summed E-state index contributed by atoms with van der Waals surface area (Å²) in [6, 6.07) is 8.11. The molecule has 2 aliphatic heterocycles. The molecule has 1 aromatic carbocycles. The number of likely N-dealkylation sites (N-methyl/N-ethyl adjacent to an activating group) is 1. The van der Waals surface area contributed by atoms with Gasteiger partial charge >= 0.3 is 6.09 Å². The average molecular weight is 365 g/mol. The van der Waals surface area contributed by atoms with Crippen LogP contribution in [0.1, 0.15) is 45.2 Å². The van der Waals surface area contributed by atoms with Gasteiger partial charge in [0.15, 0.2) is 0 Å². The zero-order valence-electron chi connectivity index (χ0n) is 15.3. The van der Waals surface area contributed by atoms with E-state index in [2.05, 4.69) is 28.8 Å². The van der Waals surface area contributed by atoms with Crippen LogP contribution < -0.4 is 9.62 Å². The van der Waals surface area contributed by atoms with Gasteiger partial charge in [-0.15, -0.1) is 4.72 Å². The van der Waals surface area contributed by atoms with E-state index in [0.29, 0.717) is 25.9 Å². The number of piperidine rings is 1. The average Bonchev–Trinajstić information content (AvgIpc) is 2.78. The van der Waals surface area contributed by atoms with Gasteiger partial charge in [-0.2, -0.15) is 0 Å². The van der Waals surface area contributed by atoms with Gasteiger partial charge in [0.2, 0.25) is 0 Å². The van der Waals surface area contributed by atoms with E-state index in [0.717, 1.165) is 11.3 Å². The zero-order chi connectivity index (χ0) is 18.4. The highest BCUT2D eigenvalue weighted by Gasteiger charge is 2.54. The molecule has 1 saturated heterocycles. The van der Waals surface area contributed by atoms with E-state index in [-0.39, 0.29) is 16.3 Å². The summed E-state index contributed by atoms with van der Waals surface area (Å²) in [6.07, 6.45) is 0.559. The molecule has 2 heterocycles. The lowest BCUT2D eigenvalue weighted by molar-refractivity contribution is 0.110. The fourth-order valence-electron chi connectivity index (χ4n) is 3.93. The monoisotopic (exact) mass is 365 g/mol. The molecule has 0 bridgehead atoms. The molecule has 138 valence electrons. The van der Waals surface area contributed by atoms with Crippen molar-refractivity contribution in [2.45, 2.75) is 49.9 Å². The van der Waals surface area contributed by atoms with E-state index in [9.17, 15) is 14.5 Å². The van der Waals surface area contributed by atoms with Crippen molar-refractivity contribution < 1.29 is 14.5 Å². The highest BCUT2D eigenvalue weighted by Crippen LogP contribution is 2.50. The fourth-order valence-corrected chi connectivity index (χ4v) is 4.84. The molecule has 0 aromatic heterocycles. The smallest absolute Gasteiger partial charge is 0.407 e. The van der Waals surface area contributed by atoms with Crippen molar-refractivity contribution in [3.8, 4) is 0 Å². The van der Waals surface area contributed by atoms with Crippen LogP contribution in [0.15, 0.2) is 24.3 Å². The molecule has 0 saturated carbocycles. The fraction of sp³-hybridized carbons (Fsp3) is 0.611. The van der Waals surface area contributed by atoms with Crippen molar-refractivity contribution in [3.05, 3.63) is 29.8 Å². The topological polar surface area (TPSA) is 78.9 Å². The van der Waals surface area contributed by atoms with Crippen LogP contribution >= 0.6 is 0 Å². The largest absolute Gasteiger partial charge is 0.598 e. The standard InChI is InChI=1S/C18H27N3O3S/c1-17(2,3)25(24)19-15-13-7-5-6-8-14(13)20(4)18(15)9-11-21(12-10-18)16(22)23/h5-8,15,19H,9-12H2,1-4H3,(H,22,23)/t15-,25+/m0/s1. The van der Waals surface area contributed by atoms with Crippen molar-refractivity contribution in [3.63, 3.8) is 0 Å². The van der Waals surface area contributed by atoms with Crippen LogP contribution in [-0.4, -0.2) is 51.1 Å². The second kappa shape index (κ2) is 6.37. The summed E-state index contributed by atoms with van der Waals surface area (Å²) in [7, 11) is 2.07. The molecule has 1 aromatic rings. The Morgan fingerprint density at radius 2 is 1.92 bits per heavy atom. The number of nitrogens with one attached hydrogen (secondary N) is 1. The molecule has 2 aliphatic rings. The maximum absolute atomic E-state index is 12.8. The van der Waals surface area contributed by atoms with Crippen molar-refractivity contribution in [2.75, 3.05) is 25.0 Å². The second-order valence-electron chi connectivity index (χ2n) is 7.92. The van der Waals surface area contributed by atoms with E-state index >= 15 is 0 Å². The van der Waals surface area contributed by atoms with Gasteiger partial charge in [0.1, 0.15) is 10.8 Å². The van der Waals surface area contributed by atoms with Gasteiger partial charge in [-0.1, -0.05) is 18.2 Å². The van der Waals surface area contributed by atoms with Crippen LogP contribution in [0.25, 0.3) is 0 Å². The molecule has 1 spiro atoms. The molecule has 1 amide bonds. The molecule has 0 unspecified atom stereocenters. The minimum Gasteiger partial charge on any atom is -0.598 e. The van der Waals surface area contributed by atoms with Gasteiger partial charge in [-0.3, -0.25) is 0 Å². The Labute approximate surface area is 152 Å². The molecule has 3 rings (SSSR count). The van der Waals surface area contributed by atoms with Crippen molar-refractivity contribution >= 4 is 23.1 Å². The van der Waals surface area contributed by atoms with Crippen LogP contribution in [0.3, 0.4) is 0 Å². The first-order chi connectivity index (χ1) is 11.7. The quantitative estimate of drug-likeness (QED) is 0.788. The Bertz CT molecular complexity index is 653. The number of anilines is 1. The molecule has 25 heavy (non-hydrogen) atoms. The Kier molecular flexibility index (Phi) is 4.68. The van der Waals surface area contributed by atoms with Crippen LogP contribution in [0.4, 0.5) is 10.5 Å². The number of hydrogen-bond donors (Lipinski definition) is 2. The summed E-state index contributed by atoms with van der Waals surface area (Å²) in [4.78, 5) is 15.0. The summed E-state index contributed by atoms with van der Waals surface area (Å²) in [5.74, 6) is 0. The summed E-state index contributed by atoms with van der Waals surface area (Å²) in [6.45, 7) is 6.86. The van der Waals surface area contributed by atoms with Crippen molar-refractivity contribution in [1.82, 2.24) is 9.62 Å². The molecular formula is C18H27N3O3S. The number of benzene rings is 1. The summed E-state index contributed by atoms with van der Waals surface area (Å²) in [5, 5.41) is 9.28. The van der Waals surface area contributed by atoms with Gasteiger partial charge in [0.25, 0.3) is 0 Å². The van der Waals surface area contributed by atoms with E-state index in [4.69, 9.17) is 0 Å². The third-order valence-corrected chi connectivity index (χ3v) is 7.06. The second-order valence-corrected chi connectivity index (χ2v) is 9.92. The molecule has 0 aliphatic carbocycles. The van der Waals surface area contributed by atoms with E-state index in [1.54, 1.807) is 0 Å². The molecular weight excluding hydrogens is 338 g/mol. The Balaban J connectivity index is 1.94. The number of para-hydroxylation sites is 1. The molecule has 0 radical (unpaired) electrons. The van der Waals surface area contributed by atoms with Gasteiger partial charge in [0, 0.05) is 37.2 Å². The normalized spacial score (nSPS) is 23.6. The lowest BCUT2D eigenvalue weighted by Gasteiger charge is -2.47. The summed E-state index contributed by atoms with van der Waals surface area (Å²) >= 11 is -1.20. The maximum atomic E-state index is 12.8. The predicted octanol–water partition coefficient (Wildman–Crippen LogP) is 2.74. The number of rotatable bonds is 2. The van der Waals surface area contributed by atoms with E-state index in [1.807, 2.05) is 32.9 Å². The predicted molar refractivity (Wildman–Crippen MR) is 100 cm³/mol. The molecule has 6 nitrogen and oxygen atoms in total. The number of fused-ring (bicyclic) bond motifs is 1. The lowest BCUT2D eigenvalue weighted by Crippen LogP contribution is -2.59. The zero-order valence-corrected chi connectivity index (χ0v) is 16.1. The van der Waals surface area contributed by atoms with Gasteiger partial charge < -0.3 is 19.5 Å². The minimum absolute atomic E-state index is 0.0790. The number of carbonyl (C=O) groups is 1. The number of nitrogens with zero attached hydrogens (tertiary/aromatic N) is 2. The van der Waals surface area contributed by atoms with Crippen LogP contribution in [-0.2, 0) is 11.4 Å². The third kappa shape index (κ3) is 3.09. The third-order valence-electron chi connectivity index (χ3n) is 5.50. The van der Waals surface area contributed by atoms with Gasteiger partial charge in [0.05, 0.1) is 5.54 Å². The van der Waals surface area contributed by atoms with Crippen LogP contribution in [0, 0.1) is 0 Å². The molecule has 2 atom stereocenters. The maximum Gasteiger partial charge on any atom is 0.407 e. The first kappa shape index (κ1) is 18.4. The number of carboxylic acid groups (broad SMARTS) is 1. The highest BCUT2D eigenvalue weighted by molar-refractivity contribution is 7.90. The summed E-state index contributed by atoms with van der Waals surface area (Å²) in [5.41, 5.74) is 2.03. The molecule has 1 fully saturated rings. The van der Waals surface area contributed by atoms with Crippen LogP contribution in [0.2, 0.25) is 0 Å². The van der Waals surface area contributed by atoms with E-state index < -0.39 is 17.5 Å².